The summed E-state index contributed by atoms with van der Waals surface area (Å²) in [5, 5.41) is 4.56. The molecule has 22 heavy (non-hydrogen) atoms. The average Bonchev–Trinajstić information content (AvgIpc) is 2.57. The molecule has 3 aromatic rings. The van der Waals surface area contributed by atoms with Gasteiger partial charge >= 0.3 is 0 Å². The van der Waals surface area contributed by atoms with E-state index in [1.165, 1.54) is 0 Å². The summed E-state index contributed by atoms with van der Waals surface area (Å²) in [7, 11) is 0. The van der Waals surface area contributed by atoms with Crippen molar-refractivity contribution in [3.63, 3.8) is 0 Å². The normalized spacial score (nSPS) is 10.6. The summed E-state index contributed by atoms with van der Waals surface area (Å²) in [6.45, 7) is 2.94. The smallest absolute Gasteiger partial charge is 0.119 e. The van der Waals surface area contributed by atoms with Crippen LogP contribution in [-0.4, -0.2) is 11.6 Å². The summed E-state index contributed by atoms with van der Waals surface area (Å²) in [5.41, 5.74) is 3.09. The highest BCUT2D eigenvalue weighted by Crippen LogP contribution is 2.25. The first-order chi connectivity index (χ1) is 10.9. The molecule has 112 valence electrons. The SMILES string of the molecule is CCCCOc1ccc(Nc2ccnc3ccccc23)cc1. The molecule has 0 aliphatic carbocycles. The van der Waals surface area contributed by atoms with Crippen molar-refractivity contribution in [2.24, 2.45) is 0 Å². The van der Waals surface area contributed by atoms with Gasteiger partial charge in [-0.15, -0.1) is 0 Å². The molecule has 0 spiro atoms. The predicted molar refractivity (Wildman–Crippen MR) is 91.9 cm³/mol. The van der Waals surface area contributed by atoms with Crippen LogP contribution in [0.5, 0.6) is 5.75 Å². The van der Waals surface area contributed by atoms with Crippen LogP contribution in [0.25, 0.3) is 10.9 Å². The number of hydrogen-bond acceptors (Lipinski definition) is 3. The minimum atomic E-state index is 0.776. The number of ether oxygens (including phenoxy) is 1. The van der Waals surface area contributed by atoms with Crippen LogP contribution in [0.15, 0.2) is 60.8 Å². The van der Waals surface area contributed by atoms with Crippen LogP contribution >= 0.6 is 0 Å². The molecule has 0 atom stereocenters. The number of unbranched alkanes of at least 4 members (excludes halogenated alkanes) is 1. The number of hydrogen-bond donors (Lipinski definition) is 1. The highest BCUT2D eigenvalue weighted by molar-refractivity contribution is 5.92. The fourth-order valence-corrected chi connectivity index (χ4v) is 2.33. The molecule has 0 amide bonds. The molecule has 0 fully saturated rings. The highest BCUT2D eigenvalue weighted by Gasteiger charge is 2.02. The molecule has 0 aliphatic heterocycles. The zero-order valence-corrected chi connectivity index (χ0v) is 12.8. The molecular weight excluding hydrogens is 272 g/mol. The maximum Gasteiger partial charge on any atom is 0.119 e. The van der Waals surface area contributed by atoms with Crippen LogP contribution in [0.1, 0.15) is 19.8 Å². The molecule has 0 saturated heterocycles. The Morgan fingerprint density at radius 3 is 2.64 bits per heavy atom. The largest absolute Gasteiger partial charge is 0.494 e. The Hall–Kier alpha value is -2.55. The molecule has 2 aromatic carbocycles. The quantitative estimate of drug-likeness (QED) is 0.637. The van der Waals surface area contributed by atoms with Gasteiger partial charge in [-0.25, -0.2) is 0 Å². The number of nitrogens with one attached hydrogen (secondary N) is 1. The van der Waals surface area contributed by atoms with Crippen LogP contribution in [0.4, 0.5) is 11.4 Å². The molecular formula is C19H20N2O. The number of benzene rings is 2. The number of aromatic nitrogens is 1. The Labute approximate surface area is 131 Å². The fraction of sp³-hybridized carbons (Fsp3) is 0.211. The van der Waals surface area contributed by atoms with Crippen LogP contribution in [-0.2, 0) is 0 Å². The van der Waals surface area contributed by atoms with Gasteiger partial charge < -0.3 is 10.1 Å². The van der Waals surface area contributed by atoms with E-state index in [4.69, 9.17) is 4.74 Å². The molecule has 0 radical (unpaired) electrons. The second kappa shape index (κ2) is 6.94. The van der Waals surface area contributed by atoms with Crippen LogP contribution in [0.2, 0.25) is 0 Å². The van der Waals surface area contributed by atoms with E-state index in [1.807, 2.05) is 54.7 Å². The van der Waals surface area contributed by atoms with Crippen LogP contribution in [0, 0.1) is 0 Å². The van der Waals surface area contributed by atoms with Crippen molar-refractivity contribution in [3.8, 4) is 5.75 Å². The summed E-state index contributed by atoms with van der Waals surface area (Å²) in [6, 6.07) is 18.2. The van der Waals surface area contributed by atoms with Crippen molar-refractivity contribution < 1.29 is 4.74 Å². The number of rotatable bonds is 6. The molecule has 3 heteroatoms. The Morgan fingerprint density at radius 2 is 1.82 bits per heavy atom. The van der Waals surface area contributed by atoms with E-state index in [2.05, 4.69) is 23.3 Å². The standard InChI is InChI=1S/C19H20N2O/c1-2-3-14-22-16-10-8-15(9-11-16)21-19-12-13-20-18-7-5-4-6-17(18)19/h4-13H,2-3,14H2,1H3,(H,20,21). The third-order valence-corrected chi connectivity index (χ3v) is 3.55. The Bertz CT molecular complexity index is 733. The van der Waals surface area contributed by atoms with Gasteiger partial charge in [0.15, 0.2) is 0 Å². The Kier molecular flexibility index (Phi) is 4.54. The van der Waals surface area contributed by atoms with Gasteiger partial charge in [0.05, 0.1) is 12.1 Å². The van der Waals surface area contributed by atoms with E-state index in [9.17, 15) is 0 Å². The lowest BCUT2D eigenvalue weighted by Gasteiger charge is -2.10. The Morgan fingerprint density at radius 1 is 1.00 bits per heavy atom. The number of pyridine rings is 1. The average molecular weight is 292 g/mol. The minimum absolute atomic E-state index is 0.776. The number of anilines is 2. The van der Waals surface area contributed by atoms with Crippen LogP contribution < -0.4 is 10.1 Å². The molecule has 0 aliphatic rings. The van der Waals surface area contributed by atoms with Gasteiger partial charge in [0, 0.05) is 23.0 Å². The van der Waals surface area contributed by atoms with E-state index in [-0.39, 0.29) is 0 Å². The van der Waals surface area contributed by atoms with E-state index >= 15 is 0 Å². The molecule has 0 unspecified atom stereocenters. The molecule has 1 N–H and O–H groups in total. The topological polar surface area (TPSA) is 34.1 Å². The van der Waals surface area contributed by atoms with Crippen molar-refractivity contribution >= 4 is 22.3 Å². The zero-order chi connectivity index (χ0) is 15.2. The van der Waals surface area contributed by atoms with E-state index < -0.39 is 0 Å². The van der Waals surface area contributed by atoms with Gasteiger partial charge in [-0.2, -0.15) is 0 Å². The molecule has 0 saturated carbocycles. The summed E-state index contributed by atoms with van der Waals surface area (Å²) < 4.78 is 5.68. The monoisotopic (exact) mass is 292 g/mol. The van der Waals surface area contributed by atoms with Crippen molar-refractivity contribution in [1.29, 1.82) is 0 Å². The first-order valence-corrected chi connectivity index (χ1v) is 7.70. The van der Waals surface area contributed by atoms with Crippen molar-refractivity contribution in [1.82, 2.24) is 4.98 Å². The number of fused-ring (bicyclic) bond motifs is 1. The highest BCUT2D eigenvalue weighted by atomic mass is 16.5. The summed E-state index contributed by atoms with van der Waals surface area (Å²) >= 11 is 0. The van der Waals surface area contributed by atoms with Crippen molar-refractivity contribution in [2.75, 3.05) is 11.9 Å². The predicted octanol–water partition coefficient (Wildman–Crippen LogP) is 5.16. The lowest BCUT2D eigenvalue weighted by Crippen LogP contribution is -1.97. The van der Waals surface area contributed by atoms with Crippen LogP contribution in [0.3, 0.4) is 0 Å². The van der Waals surface area contributed by atoms with Gasteiger partial charge in [-0.3, -0.25) is 4.98 Å². The van der Waals surface area contributed by atoms with Gasteiger partial charge in [0.2, 0.25) is 0 Å². The van der Waals surface area contributed by atoms with E-state index in [1.54, 1.807) is 0 Å². The molecule has 0 bridgehead atoms. The Balaban J connectivity index is 1.75. The third kappa shape index (κ3) is 3.37. The third-order valence-electron chi connectivity index (χ3n) is 3.55. The summed E-state index contributed by atoms with van der Waals surface area (Å²) in [6.07, 6.45) is 4.06. The first-order valence-electron chi connectivity index (χ1n) is 7.70. The molecule has 3 nitrogen and oxygen atoms in total. The minimum Gasteiger partial charge on any atom is -0.494 e. The maximum absolute atomic E-state index is 5.68. The molecule has 1 heterocycles. The molecule has 1 aromatic heterocycles. The van der Waals surface area contributed by atoms with Gasteiger partial charge in [-0.05, 0) is 42.8 Å². The lowest BCUT2D eigenvalue weighted by atomic mass is 10.2. The van der Waals surface area contributed by atoms with Crippen molar-refractivity contribution in [3.05, 3.63) is 60.8 Å². The lowest BCUT2D eigenvalue weighted by molar-refractivity contribution is 0.309. The fourth-order valence-electron chi connectivity index (χ4n) is 2.33. The van der Waals surface area contributed by atoms with Gasteiger partial charge in [-0.1, -0.05) is 31.5 Å². The van der Waals surface area contributed by atoms with E-state index in [0.29, 0.717) is 0 Å². The van der Waals surface area contributed by atoms with Gasteiger partial charge in [0.1, 0.15) is 5.75 Å². The molecule has 3 rings (SSSR count). The van der Waals surface area contributed by atoms with E-state index in [0.717, 1.165) is 47.5 Å². The second-order valence-corrected chi connectivity index (χ2v) is 5.23. The van der Waals surface area contributed by atoms with Crippen molar-refractivity contribution in [2.45, 2.75) is 19.8 Å². The summed E-state index contributed by atoms with van der Waals surface area (Å²) in [4.78, 5) is 4.38. The number of para-hydroxylation sites is 1. The maximum atomic E-state index is 5.68. The number of nitrogens with zero attached hydrogens (tertiary/aromatic N) is 1. The van der Waals surface area contributed by atoms with Gasteiger partial charge in [0.25, 0.3) is 0 Å². The zero-order valence-electron chi connectivity index (χ0n) is 12.8. The first kappa shape index (κ1) is 14.4. The second-order valence-electron chi connectivity index (χ2n) is 5.23. The summed E-state index contributed by atoms with van der Waals surface area (Å²) in [5.74, 6) is 0.915.